The van der Waals surface area contributed by atoms with E-state index in [-0.39, 0.29) is 11.8 Å². The van der Waals surface area contributed by atoms with E-state index in [2.05, 4.69) is 10.2 Å². The van der Waals surface area contributed by atoms with Gasteiger partial charge in [0.2, 0.25) is 5.91 Å². The highest BCUT2D eigenvalue weighted by molar-refractivity contribution is 6.31. The molecule has 1 amide bonds. The molecule has 3 rings (SSSR count). The molecular formula is C20H22Cl2N2O. The first-order chi connectivity index (χ1) is 12.0. The number of benzene rings is 2. The fourth-order valence-corrected chi connectivity index (χ4v) is 3.70. The van der Waals surface area contributed by atoms with Crippen molar-refractivity contribution in [2.75, 3.05) is 18.4 Å². The molecule has 0 aliphatic carbocycles. The van der Waals surface area contributed by atoms with E-state index in [0.717, 1.165) is 54.3 Å². The average Bonchev–Trinajstić information content (AvgIpc) is 2.60. The molecule has 5 heteroatoms. The second-order valence-corrected chi connectivity index (χ2v) is 7.46. The number of hydrogen-bond donors (Lipinski definition) is 1. The minimum atomic E-state index is -0.00804. The van der Waals surface area contributed by atoms with Gasteiger partial charge in [-0.05, 0) is 61.7 Å². The third-order valence-corrected chi connectivity index (χ3v) is 5.28. The minimum absolute atomic E-state index is 0.00804. The molecule has 2 aromatic carbocycles. The smallest absolute Gasteiger partial charge is 0.228 e. The fraction of sp³-hybridized carbons (Fsp3) is 0.350. The van der Waals surface area contributed by atoms with Crippen molar-refractivity contribution in [2.45, 2.75) is 26.3 Å². The molecule has 0 saturated carbocycles. The highest BCUT2D eigenvalue weighted by atomic mass is 35.5. The maximum Gasteiger partial charge on any atom is 0.228 e. The fourth-order valence-electron chi connectivity index (χ4n) is 3.28. The van der Waals surface area contributed by atoms with E-state index in [4.69, 9.17) is 23.2 Å². The van der Waals surface area contributed by atoms with Crippen molar-refractivity contribution in [3.63, 3.8) is 0 Å². The van der Waals surface area contributed by atoms with Crippen LogP contribution >= 0.6 is 23.2 Å². The van der Waals surface area contributed by atoms with Crippen LogP contribution in [0.15, 0.2) is 42.5 Å². The van der Waals surface area contributed by atoms with Gasteiger partial charge < -0.3 is 5.32 Å². The van der Waals surface area contributed by atoms with Gasteiger partial charge in [0, 0.05) is 28.8 Å². The van der Waals surface area contributed by atoms with Crippen LogP contribution in [0.1, 0.15) is 24.0 Å². The Morgan fingerprint density at radius 1 is 1.24 bits per heavy atom. The molecule has 1 fully saturated rings. The Hall–Kier alpha value is -1.55. The molecule has 2 aromatic rings. The number of halogens is 2. The Morgan fingerprint density at radius 3 is 2.80 bits per heavy atom. The Labute approximate surface area is 158 Å². The highest BCUT2D eigenvalue weighted by Crippen LogP contribution is 2.25. The minimum Gasteiger partial charge on any atom is -0.326 e. The third kappa shape index (κ3) is 4.75. The molecule has 0 spiro atoms. The zero-order valence-corrected chi connectivity index (χ0v) is 15.8. The van der Waals surface area contributed by atoms with Crippen LogP contribution in [-0.2, 0) is 11.3 Å². The predicted molar refractivity (Wildman–Crippen MR) is 104 cm³/mol. The lowest BCUT2D eigenvalue weighted by atomic mass is 9.96. The van der Waals surface area contributed by atoms with Crippen molar-refractivity contribution >= 4 is 34.8 Å². The number of likely N-dealkylation sites (tertiary alicyclic amines) is 1. The standard InChI is InChI=1S/C20H22Cl2N2O/c1-14-11-17(21)8-9-19(14)23-20(25)16-6-4-10-24(13-16)12-15-5-2-3-7-18(15)22/h2-3,5,7-9,11,16H,4,6,10,12-13H2,1H3,(H,23,25). The lowest BCUT2D eigenvalue weighted by molar-refractivity contribution is -0.121. The predicted octanol–water partition coefficient (Wildman–Crippen LogP) is 5.15. The van der Waals surface area contributed by atoms with Crippen LogP contribution in [-0.4, -0.2) is 23.9 Å². The number of carbonyl (C=O) groups is 1. The van der Waals surface area contributed by atoms with Gasteiger partial charge in [-0.2, -0.15) is 0 Å². The number of anilines is 1. The number of aryl methyl sites for hydroxylation is 1. The summed E-state index contributed by atoms with van der Waals surface area (Å²) in [7, 11) is 0. The van der Waals surface area contributed by atoms with Crippen LogP contribution in [0, 0.1) is 12.8 Å². The second kappa shape index (κ2) is 8.22. The number of piperidine rings is 1. The van der Waals surface area contributed by atoms with Crippen molar-refractivity contribution in [2.24, 2.45) is 5.92 Å². The van der Waals surface area contributed by atoms with Crippen LogP contribution in [0.4, 0.5) is 5.69 Å². The quantitative estimate of drug-likeness (QED) is 0.799. The lowest BCUT2D eigenvalue weighted by Crippen LogP contribution is -2.40. The van der Waals surface area contributed by atoms with Gasteiger partial charge in [-0.3, -0.25) is 9.69 Å². The van der Waals surface area contributed by atoms with Crippen molar-refractivity contribution < 1.29 is 4.79 Å². The molecule has 0 radical (unpaired) electrons. The largest absolute Gasteiger partial charge is 0.326 e. The molecule has 1 aliphatic heterocycles. The highest BCUT2D eigenvalue weighted by Gasteiger charge is 2.26. The summed E-state index contributed by atoms with van der Waals surface area (Å²) in [6.07, 6.45) is 1.93. The summed E-state index contributed by atoms with van der Waals surface area (Å²) in [4.78, 5) is 15.0. The molecule has 1 saturated heterocycles. The van der Waals surface area contributed by atoms with Crippen molar-refractivity contribution in [3.05, 3.63) is 63.6 Å². The number of amides is 1. The Kier molecular flexibility index (Phi) is 6.00. The van der Waals surface area contributed by atoms with E-state index in [1.165, 1.54) is 0 Å². The van der Waals surface area contributed by atoms with Gasteiger partial charge in [-0.15, -0.1) is 0 Å². The van der Waals surface area contributed by atoms with Gasteiger partial charge in [0.15, 0.2) is 0 Å². The van der Waals surface area contributed by atoms with Gasteiger partial charge in [0.05, 0.1) is 5.92 Å². The van der Waals surface area contributed by atoms with Crippen molar-refractivity contribution in [1.82, 2.24) is 4.90 Å². The molecule has 132 valence electrons. The molecule has 1 N–H and O–H groups in total. The first-order valence-electron chi connectivity index (χ1n) is 8.55. The summed E-state index contributed by atoms with van der Waals surface area (Å²) in [5, 5.41) is 4.52. The van der Waals surface area contributed by atoms with Crippen LogP contribution < -0.4 is 5.32 Å². The number of hydrogen-bond acceptors (Lipinski definition) is 2. The van der Waals surface area contributed by atoms with Gasteiger partial charge in [-0.1, -0.05) is 41.4 Å². The van der Waals surface area contributed by atoms with Crippen molar-refractivity contribution in [1.29, 1.82) is 0 Å². The van der Waals surface area contributed by atoms with Crippen molar-refractivity contribution in [3.8, 4) is 0 Å². The number of carbonyl (C=O) groups excluding carboxylic acids is 1. The van der Waals surface area contributed by atoms with Gasteiger partial charge in [0.25, 0.3) is 0 Å². The number of nitrogens with one attached hydrogen (secondary N) is 1. The van der Waals surface area contributed by atoms with E-state index in [0.29, 0.717) is 5.02 Å². The molecule has 1 aliphatic rings. The van der Waals surface area contributed by atoms with Crippen LogP contribution in [0.2, 0.25) is 10.0 Å². The molecule has 1 heterocycles. The van der Waals surface area contributed by atoms with Gasteiger partial charge in [-0.25, -0.2) is 0 Å². The SMILES string of the molecule is Cc1cc(Cl)ccc1NC(=O)C1CCCN(Cc2ccccc2Cl)C1. The molecule has 1 unspecified atom stereocenters. The average molecular weight is 377 g/mol. The maximum atomic E-state index is 12.7. The monoisotopic (exact) mass is 376 g/mol. The first-order valence-corrected chi connectivity index (χ1v) is 9.31. The second-order valence-electron chi connectivity index (χ2n) is 6.61. The zero-order valence-electron chi connectivity index (χ0n) is 14.3. The van der Waals surface area contributed by atoms with Crippen LogP contribution in [0.5, 0.6) is 0 Å². The summed E-state index contributed by atoms with van der Waals surface area (Å²) < 4.78 is 0. The topological polar surface area (TPSA) is 32.3 Å². The molecular weight excluding hydrogens is 355 g/mol. The van der Waals surface area contributed by atoms with E-state index in [1.54, 1.807) is 6.07 Å². The maximum absolute atomic E-state index is 12.7. The third-order valence-electron chi connectivity index (χ3n) is 4.67. The molecule has 25 heavy (non-hydrogen) atoms. The normalized spacial score (nSPS) is 18.1. The first kappa shape index (κ1) is 18.2. The summed E-state index contributed by atoms with van der Waals surface area (Å²) in [6, 6.07) is 13.4. The Balaban J connectivity index is 1.62. The summed E-state index contributed by atoms with van der Waals surface area (Å²) in [5.41, 5.74) is 2.92. The molecule has 0 aromatic heterocycles. The lowest BCUT2D eigenvalue weighted by Gasteiger charge is -2.32. The zero-order chi connectivity index (χ0) is 17.8. The Morgan fingerprint density at radius 2 is 2.04 bits per heavy atom. The number of nitrogens with zero attached hydrogens (tertiary/aromatic N) is 1. The van der Waals surface area contributed by atoms with Crippen LogP contribution in [0.25, 0.3) is 0 Å². The molecule has 0 bridgehead atoms. The van der Waals surface area contributed by atoms with E-state index in [1.807, 2.05) is 43.3 Å². The van der Waals surface area contributed by atoms with E-state index in [9.17, 15) is 4.79 Å². The summed E-state index contributed by atoms with van der Waals surface area (Å²) in [5.74, 6) is 0.0700. The van der Waals surface area contributed by atoms with E-state index < -0.39 is 0 Å². The van der Waals surface area contributed by atoms with Gasteiger partial charge >= 0.3 is 0 Å². The van der Waals surface area contributed by atoms with Crippen LogP contribution in [0.3, 0.4) is 0 Å². The molecule has 3 nitrogen and oxygen atoms in total. The number of rotatable bonds is 4. The van der Waals surface area contributed by atoms with E-state index >= 15 is 0 Å². The Bertz CT molecular complexity index is 763. The molecule has 1 atom stereocenters. The van der Waals surface area contributed by atoms with Gasteiger partial charge in [0.1, 0.15) is 0 Å². The summed E-state index contributed by atoms with van der Waals surface area (Å²) >= 11 is 12.2. The summed E-state index contributed by atoms with van der Waals surface area (Å²) in [6.45, 7) is 4.48.